The number of hydrogen-bond donors (Lipinski definition) is 1. The van der Waals surface area contributed by atoms with E-state index in [9.17, 15) is 4.57 Å². The molecule has 2 rings (SSSR count). The van der Waals surface area contributed by atoms with E-state index in [4.69, 9.17) is 9.05 Å². The molecule has 0 spiro atoms. The fourth-order valence-corrected chi connectivity index (χ4v) is 4.37. The zero-order valence-electron chi connectivity index (χ0n) is 13.9. The lowest BCUT2D eigenvalue weighted by atomic mass is 10.3. The Kier molecular flexibility index (Phi) is 8.23. The molecule has 0 aliphatic rings. The number of unbranched alkanes of at least 4 members (excludes halogenated alkanes) is 1. The van der Waals surface area contributed by atoms with Gasteiger partial charge in [0.2, 0.25) is 0 Å². The Morgan fingerprint density at radius 3 is 1.96 bits per heavy atom. The number of thioether (sulfide) groups is 1. The molecule has 0 amide bonds. The monoisotopic (exact) mass is 365 g/mol. The van der Waals surface area contributed by atoms with Crippen molar-refractivity contribution in [3.05, 3.63) is 60.7 Å². The molecule has 0 aliphatic heterocycles. The molecule has 6 heteroatoms. The highest BCUT2D eigenvalue weighted by molar-refractivity contribution is 7.99. The molecular formula is C18H24NO3PS. The Balaban J connectivity index is 1.96. The normalized spacial score (nSPS) is 11.2. The van der Waals surface area contributed by atoms with Crippen molar-refractivity contribution in [2.24, 2.45) is 0 Å². The van der Waals surface area contributed by atoms with Crippen LogP contribution in [0.1, 0.15) is 19.8 Å². The van der Waals surface area contributed by atoms with Gasteiger partial charge in [-0.25, -0.2) is 9.65 Å². The Morgan fingerprint density at radius 2 is 1.46 bits per heavy atom. The third kappa shape index (κ3) is 7.00. The Bertz CT molecular complexity index is 579. The largest absolute Gasteiger partial charge is 0.512 e. The molecule has 0 unspecified atom stereocenters. The minimum absolute atomic E-state index is 0.517. The average molecular weight is 365 g/mol. The van der Waals surface area contributed by atoms with E-state index in [0.717, 1.165) is 11.5 Å². The number of nitrogens with one attached hydrogen (secondary N) is 1. The van der Waals surface area contributed by atoms with Crippen LogP contribution in [-0.2, 0) is 4.57 Å². The van der Waals surface area contributed by atoms with E-state index in [1.807, 2.05) is 48.2 Å². The summed E-state index contributed by atoms with van der Waals surface area (Å²) < 4.78 is 24.4. The van der Waals surface area contributed by atoms with Gasteiger partial charge in [0.15, 0.2) is 0 Å². The number of benzene rings is 2. The van der Waals surface area contributed by atoms with Gasteiger partial charge in [-0.05, 0) is 36.4 Å². The zero-order valence-corrected chi connectivity index (χ0v) is 15.6. The summed E-state index contributed by atoms with van der Waals surface area (Å²) in [5, 5.41) is 2.96. The summed E-state index contributed by atoms with van der Waals surface area (Å²) in [4.78, 5) is 0. The molecule has 0 aliphatic carbocycles. The van der Waals surface area contributed by atoms with Crippen molar-refractivity contribution >= 4 is 19.5 Å². The minimum atomic E-state index is -3.48. The van der Waals surface area contributed by atoms with E-state index in [1.165, 1.54) is 12.8 Å². The highest BCUT2D eigenvalue weighted by Crippen LogP contribution is 2.44. The summed E-state index contributed by atoms with van der Waals surface area (Å²) in [6, 6.07) is 18.2. The van der Waals surface area contributed by atoms with Crippen molar-refractivity contribution in [1.29, 1.82) is 0 Å². The molecule has 2 aromatic rings. The summed E-state index contributed by atoms with van der Waals surface area (Å²) in [7, 11) is -3.48. The van der Waals surface area contributed by atoms with Crippen LogP contribution >= 0.6 is 19.5 Å². The first-order valence-electron chi connectivity index (χ1n) is 8.14. The van der Waals surface area contributed by atoms with Crippen LogP contribution in [0.4, 0.5) is 0 Å². The maximum Gasteiger partial charge on any atom is 0.512 e. The molecule has 24 heavy (non-hydrogen) atoms. The summed E-state index contributed by atoms with van der Waals surface area (Å²) in [5.41, 5.74) is 0. The second-order valence-corrected chi connectivity index (χ2v) is 8.08. The van der Waals surface area contributed by atoms with Crippen LogP contribution in [0, 0.1) is 0 Å². The van der Waals surface area contributed by atoms with Gasteiger partial charge in [-0.15, -0.1) is 0 Å². The average Bonchev–Trinajstić information content (AvgIpc) is 2.60. The fourth-order valence-electron chi connectivity index (χ4n) is 1.93. The first kappa shape index (κ1) is 18.9. The van der Waals surface area contributed by atoms with E-state index in [1.54, 1.807) is 24.3 Å². The maximum atomic E-state index is 13.1. The quantitative estimate of drug-likeness (QED) is 0.428. The van der Waals surface area contributed by atoms with Crippen molar-refractivity contribution in [3.8, 4) is 11.5 Å². The van der Waals surface area contributed by atoms with Crippen LogP contribution in [-0.4, -0.2) is 18.1 Å². The molecule has 0 saturated carbocycles. The smallest absolute Gasteiger partial charge is 0.405 e. The van der Waals surface area contributed by atoms with Gasteiger partial charge < -0.3 is 9.05 Å². The van der Waals surface area contributed by atoms with Gasteiger partial charge in [-0.1, -0.05) is 49.7 Å². The SMILES string of the molecule is CCCCSCCNP(=O)(Oc1ccccc1)Oc1ccccc1. The summed E-state index contributed by atoms with van der Waals surface area (Å²) in [6.45, 7) is 2.74. The van der Waals surface area contributed by atoms with Crippen molar-refractivity contribution in [1.82, 2.24) is 5.09 Å². The van der Waals surface area contributed by atoms with Gasteiger partial charge in [0, 0.05) is 12.3 Å². The van der Waals surface area contributed by atoms with Gasteiger partial charge in [-0.3, -0.25) is 0 Å². The van der Waals surface area contributed by atoms with Crippen molar-refractivity contribution in [3.63, 3.8) is 0 Å². The number of hydrogen-bond acceptors (Lipinski definition) is 4. The lowest BCUT2D eigenvalue weighted by Gasteiger charge is -2.20. The standard InChI is InChI=1S/C18H24NO3PS/c1-2-3-15-24-16-14-19-23(20,21-17-10-6-4-7-11-17)22-18-12-8-5-9-13-18/h4-13H,2-3,14-16H2,1H3,(H,19,20). The number of para-hydroxylation sites is 2. The highest BCUT2D eigenvalue weighted by atomic mass is 32.2. The summed E-state index contributed by atoms with van der Waals surface area (Å²) >= 11 is 1.84. The molecule has 2 aromatic carbocycles. The topological polar surface area (TPSA) is 47.6 Å². The molecule has 0 heterocycles. The van der Waals surface area contributed by atoms with E-state index in [0.29, 0.717) is 18.0 Å². The molecule has 0 aromatic heterocycles. The molecule has 130 valence electrons. The molecule has 0 radical (unpaired) electrons. The van der Waals surface area contributed by atoms with E-state index >= 15 is 0 Å². The molecule has 0 saturated heterocycles. The van der Waals surface area contributed by atoms with Crippen molar-refractivity contribution in [2.45, 2.75) is 19.8 Å². The summed E-state index contributed by atoms with van der Waals surface area (Å²) in [5.74, 6) is 3.01. The first-order valence-corrected chi connectivity index (χ1v) is 10.8. The third-order valence-corrected chi connectivity index (χ3v) is 5.72. The Morgan fingerprint density at radius 1 is 0.917 bits per heavy atom. The first-order chi connectivity index (χ1) is 11.7. The van der Waals surface area contributed by atoms with Gasteiger partial charge >= 0.3 is 7.75 Å². The van der Waals surface area contributed by atoms with Gasteiger partial charge in [0.25, 0.3) is 0 Å². The van der Waals surface area contributed by atoms with Crippen LogP contribution in [0.5, 0.6) is 11.5 Å². The highest BCUT2D eigenvalue weighted by Gasteiger charge is 2.27. The molecule has 0 atom stereocenters. The zero-order chi connectivity index (χ0) is 17.1. The van der Waals surface area contributed by atoms with E-state index in [2.05, 4.69) is 12.0 Å². The molecule has 1 N–H and O–H groups in total. The van der Waals surface area contributed by atoms with Gasteiger partial charge in [0.1, 0.15) is 11.5 Å². The summed E-state index contributed by atoms with van der Waals surface area (Å²) in [6.07, 6.45) is 2.39. The maximum absolute atomic E-state index is 13.1. The molecule has 0 fully saturated rings. The van der Waals surface area contributed by atoms with E-state index in [-0.39, 0.29) is 0 Å². The van der Waals surface area contributed by atoms with Crippen LogP contribution in [0.2, 0.25) is 0 Å². The lowest BCUT2D eigenvalue weighted by Crippen LogP contribution is -2.21. The van der Waals surface area contributed by atoms with E-state index < -0.39 is 7.75 Å². The van der Waals surface area contributed by atoms with Crippen LogP contribution in [0.3, 0.4) is 0 Å². The molecule has 0 bridgehead atoms. The minimum Gasteiger partial charge on any atom is -0.405 e. The Labute approximate surface area is 148 Å². The molecular weight excluding hydrogens is 341 g/mol. The van der Waals surface area contributed by atoms with Crippen LogP contribution in [0.15, 0.2) is 60.7 Å². The van der Waals surface area contributed by atoms with Crippen LogP contribution < -0.4 is 14.1 Å². The van der Waals surface area contributed by atoms with Gasteiger partial charge in [0.05, 0.1) is 0 Å². The predicted octanol–water partition coefficient (Wildman–Crippen LogP) is 5.38. The number of rotatable bonds is 11. The lowest BCUT2D eigenvalue weighted by molar-refractivity contribution is 0.372. The fraction of sp³-hybridized carbons (Fsp3) is 0.333. The third-order valence-electron chi connectivity index (χ3n) is 3.13. The van der Waals surface area contributed by atoms with Crippen molar-refractivity contribution in [2.75, 3.05) is 18.1 Å². The second-order valence-electron chi connectivity index (χ2n) is 5.18. The molecule has 4 nitrogen and oxygen atoms in total. The predicted molar refractivity (Wildman–Crippen MR) is 102 cm³/mol. The second kappa shape index (κ2) is 10.4. The van der Waals surface area contributed by atoms with Crippen LogP contribution in [0.25, 0.3) is 0 Å². The Hall–Kier alpha value is -1.42. The van der Waals surface area contributed by atoms with Crippen molar-refractivity contribution < 1.29 is 13.6 Å². The van der Waals surface area contributed by atoms with Gasteiger partial charge in [-0.2, -0.15) is 11.8 Å².